The Kier molecular flexibility index (Phi) is 7.17. The molecule has 0 radical (unpaired) electrons. The average Bonchev–Trinajstić information content (AvgIpc) is 2.45. The number of ketones is 1. The second-order valence-electron chi connectivity index (χ2n) is 4.57. The van der Waals surface area contributed by atoms with Crippen LogP contribution < -0.4 is 0 Å². The number of carbonyl (C=O) groups excluding carboxylic acids is 1. The van der Waals surface area contributed by atoms with E-state index in [0.29, 0.717) is 24.3 Å². The molecule has 12 heteroatoms. The summed E-state index contributed by atoms with van der Waals surface area (Å²) in [6.45, 7) is 0. The summed E-state index contributed by atoms with van der Waals surface area (Å²) in [6, 6.07) is 4.10. The topological polar surface area (TPSA) is 126 Å². The van der Waals surface area contributed by atoms with Gasteiger partial charge in [-0.05, 0) is 36.4 Å². The quantitative estimate of drug-likeness (QED) is 0.432. The Labute approximate surface area is 184 Å². The van der Waals surface area contributed by atoms with Crippen molar-refractivity contribution in [2.24, 2.45) is 0 Å². The summed E-state index contributed by atoms with van der Waals surface area (Å²) in [6.07, 6.45) is 0. The Morgan fingerprint density at radius 3 is 1.36 bits per heavy atom. The number of benzene rings is 2. The zero-order chi connectivity index (χ0) is 18.3. The van der Waals surface area contributed by atoms with Crippen molar-refractivity contribution in [3.05, 3.63) is 59.2 Å². The molecule has 0 saturated heterocycles. The Morgan fingerprint density at radius 2 is 1.08 bits per heavy atom. The van der Waals surface area contributed by atoms with Gasteiger partial charge in [-0.25, -0.2) is 8.78 Å². The molecule has 0 atom stereocenters. The third-order valence-electron chi connectivity index (χ3n) is 2.94. The van der Waals surface area contributed by atoms with Crippen LogP contribution in [0.4, 0.5) is 8.78 Å². The van der Waals surface area contributed by atoms with E-state index in [9.17, 15) is 30.4 Å². The molecule has 25 heavy (non-hydrogen) atoms. The minimum absolute atomic E-state index is 0. The molecule has 0 saturated carbocycles. The van der Waals surface area contributed by atoms with Gasteiger partial charge in [-0.2, -0.15) is 16.8 Å². The summed E-state index contributed by atoms with van der Waals surface area (Å²) in [7, 11) is -9.87. The summed E-state index contributed by atoms with van der Waals surface area (Å²) in [5, 5.41) is 0. The normalized spacial score (nSPS) is 11.7. The number of rotatable bonds is 4. The Hall–Kier alpha value is -0.574. The van der Waals surface area contributed by atoms with E-state index < -0.39 is 58.6 Å². The van der Waals surface area contributed by atoms with E-state index in [0.717, 1.165) is 12.1 Å². The van der Waals surface area contributed by atoms with Crippen LogP contribution in [0.1, 0.15) is 15.9 Å². The van der Waals surface area contributed by atoms with Crippen LogP contribution in [0.5, 0.6) is 0 Å². The van der Waals surface area contributed by atoms with Crippen molar-refractivity contribution in [3.8, 4) is 0 Å². The van der Waals surface area contributed by atoms with Crippen LogP contribution in [0.2, 0.25) is 0 Å². The zero-order valence-electron chi connectivity index (χ0n) is 11.5. The van der Waals surface area contributed by atoms with E-state index in [4.69, 9.17) is 9.11 Å². The van der Waals surface area contributed by atoms with Gasteiger partial charge < -0.3 is 0 Å². The van der Waals surface area contributed by atoms with Crippen LogP contribution in [0.15, 0.2) is 46.2 Å². The fourth-order valence-electron chi connectivity index (χ4n) is 1.85. The summed E-state index contributed by atoms with van der Waals surface area (Å²) >= 11 is 0. The summed E-state index contributed by atoms with van der Waals surface area (Å²) in [5.74, 6) is -3.58. The fraction of sp³-hybridized carbons (Fsp3) is 0. The van der Waals surface area contributed by atoms with E-state index in [1.165, 1.54) is 0 Å². The van der Waals surface area contributed by atoms with Gasteiger partial charge in [-0.15, -0.1) is 0 Å². The standard InChI is InChI=1S/C13H8F2O7S2.K.H/c14-9-3-1-7(5-11(9)23(17,18)19)13(16)8-2-4-10(15)12(6-8)24(20,21)22;;/h1-6H,(H,17,18,19)(H,20,21,22);;. The first-order valence-electron chi connectivity index (χ1n) is 6.00. The SMILES string of the molecule is O=C(c1ccc(F)c(S(=O)(=O)O)c1)c1ccc(F)c(S(=O)(=O)O)c1.[KH]. The van der Waals surface area contributed by atoms with Crippen molar-refractivity contribution >= 4 is 77.4 Å². The second-order valence-corrected chi connectivity index (χ2v) is 7.35. The Morgan fingerprint density at radius 1 is 0.760 bits per heavy atom. The number of halogens is 2. The first-order chi connectivity index (χ1) is 10.9. The second kappa shape index (κ2) is 7.98. The van der Waals surface area contributed by atoms with Crippen molar-refractivity contribution < 1.29 is 39.5 Å². The van der Waals surface area contributed by atoms with Gasteiger partial charge in [-0.1, -0.05) is 0 Å². The molecule has 0 fully saturated rings. The fourth-order valence-corrected chi connectivity index (χ4v) is 3.03. The van der Waals surface area contributed by atoms with E-state index in [-0.39, 0.29) is 51.4 Å². The van der Waals surface area contributed by atoms with Crippen LogP contribution >= 0.6 is 0 Å². The first-order valence-corrected chi connectivity index (χ1v) is 8.88. The monoisotopic (exact) mass is 418 g/mol. The van der Waals surface area contributed by atoms with Gasteiger partial charge in [0.2, 0.25) is 0 Å². The van der Waals surface area contributed by atoms with Gasteiger partial charge >= 0.3 is 51.4 Å². The molecular weight excluding hydrogens is 409 g/mol. The molecule has 0 aliphatic rings. The average molecular weight is 418 g/mol. The van der Waals surface area contributed by atoms with Crippen molar-refractivity contribution in [1.82, 2.24) is 0 Å². The third-order valence-corrected chi connectivity index (χ3v) is 4.68. The van der Waals surface area contributed by atoms with Gasteiger partial charge in [0.1, 0.15) is 21.4 Å². The molecule has 0 amide bonds. The Bertz CT molecular complexity index is 967. The van der Waals surface area contributed by atoms with Gasteiger partial charge in [0.05, 0.1) is 0 Å². The number of carbonyl (C=O) groups is 1. The maximum atomic E-state index is 13.4. The molecule has 0 heterocycles. The van der Waals surface area contributed by atoms with Crippen LogP contribution in [0.3, 0.4) is 0 Å². The van der Waals surface area contributed by atoms with Gasteiger partial charge in [-0.3, -0.25) is 13.9 Å². The van der Waals surface area contributed by atoms with Crippen molar-refractivity contribution in [2.45, 2.75) is 9.79 Å². The Balaban J connectivity index is 0.00000312. The molecule has 2 aromatic carbocycles. The summed E-state index contributed by atoms with van der Waals surface area (Å²) in [4.78, 5) is 9.93. The molecule has 2 aromatic rings. The van der Waals surface area contributed by atoms with Gasteiger partial charge in [0.25, 0.3) is 20.2 Å². The minimum atomic E-state index is -4.93. The molecule has 0 aliphatic heterocycles. The first kappa shape index (κ1) is 22.5. The summed E-state index contributed by atoms with van der Waals surface area (Å²) in [5.41, 5.74) is -0.811. The molecule has 0 spiro atoms. The molecule has 0 aromatic heterocycles. The number of hydrogen-bond acceptors (Lipinski definition) is 5. The van der Waals surface area contributed by atoms with Crippen LogP contribution in [0, 0.1) is 11.6 Å². The van der Waals surface area contributed by atoms with Crippen LogP contribution in [0.25, 0.3) is 0 Å². The molecule has 2 N–H and O–H groups in total. The number of hydrogen-bond donors (Lipinski definition) is 2. The van der Waals surface area contributed by atoms with E-state index in [1.807, 2.05) is 0 Å². The van der Waals surface area contributed by atoms with Gasteiger partial charge in [0, 0.05) is 11.1 Å². The maximum absolute atomic E-state index is 13.4. The van der Waals surface area contributed by atoms with E-state index >= 15 is 0 Å². The molecule has 7 nitrogen and oxygen atoms in total. The predicted octanol–water partition coefficient (Wildman–Crippen LogP) is 1.04. The molecule has 2 rings (SSSR count). The van der Waals surface area contributed by atoms with Crippen LogP contribution in [-0.4, -0.2) is 83.1 Å². The van der Waals surface area contributed by atoms with E-state index in [2.05, 4.69) is 0 Å². The molecule has 0 bridgehead atoms. The zero-order valence-corrected chi connectivity index (χ0v) is 13.1. The molecule has 0 unspecified atom stereocenters. The van der Waals surface area contributed by atoms with Crippen molar-refractivity contribution in [2.75, 3.05) is 0 Å². The molecule has 130 valence electrons. The summed E-state index contributed by atoms with van der Waals surface area (Å²) < 4.78 is 88.7. The molecular formula is C13H9F2KO7S2. The molecule has 0 aliphatic carbocycles. The predicted molar refractivity (Wildman–Crippen MR) is 83.0 cm³/mol. The van der Waals surface area contributed by atoms with Crippen molar-refractivity contribution in [1.29, 1.82) is 0 Å². The van der Waals surface area contributed by atoms with E-state index in [1.54, 1.807) is 0 Å². The third kappa shape index (κ3) is 5.21. The van der Waals surface area contributed by atoms with Crippen molar-refractivity contribution in [3.63, 3.8) is 0 Å². The van der Waals surface area contributed by atoms with Crippen LogP contribution in [-0.2, 0) is 20.2 Å². The van der Waals surface area contributed by atoms with Gasteiger partial charge in [0.15, 0.2) is 5.78 Å².